The molecule has 0 radical (unpaired) electrons. The Bertz CT molecular complexity index is 264. The predicted molar refractivity (Wildman–Crippen MR) is 48.7 cm³/mol. The molecular formula is C7H5Br2NO. The quantitative estimate of drug-likeness (QED) is 0.780. The number of hydrogen-bond donors (Lipinski definition) is 0. The SMILES string of the molecule is N#CC(Br)(CBr)c1ccoc1. The molecule has 0 aliphatic heterocycles. The molecule has 11 heavy (non-hydrogen) atoms. The van der Waals surface area contributed by atoms with Crippen LogP contribution < -0.4 is 0 Å². The molecule has 0 aliphatic carbocycles. The van der Waals surface area contributed by atoms with Gasteiger partial charge in [0.2, 0.25) is 0 Å². The molecule has 0 saturated heterocycles. The number of halogens is 2. The van der Waals surface area contributed by atoms with E-state index >= 15 is 0 Å². The van der Waals surface area contributed by atoms with Gasteiger partial charge in [-0.25, -0.2) is 0 Å². The van der Waals surface area contributed by atoms with E-state index in [1.807, 2.05) is 0 Å². The van der Waals surface area contributed by atoms with Crippen molar-refractivity contribution in [2.75, 3.05) is 5.33 Å². The van der Waals surface area contributed by atoms with E-state index in [2.05, 4.69) is 37.9 Å². The van der Waals surface area contributed by atoms with Crippen molar-refractivity contribution in [2.24, 2.45) is 0 Å². The topological polar surface area (TPSA) is 36.9 Å². The lowest BCUT2D eigenvalue weighted by molar-refractivity contribution is 0.562. The Labute approximate surface area is 81.4 Å². The molecule has 1 aromatic heterocycles. The molecule has 2 nitrogen and oxygen atoms in total. The lowest BCUT2D eigenvalue weighted by Gasteiger charge is -2.12. The molecule has 0 saturated carbocycles. The molecule has 1 heterocycles. The number of alkyl halides is 2. The van der Waals surface area contributed by atoms with Gasteiger partial charge in [-0.15, -0.1) is 0 Å². The molecule has 0 spiro atoms. The van der Waals surface area contributed by atoms with Gasteiger partial charge in [0.25, 0.3) is 0 Å². The number of hydrogen-bond acceptors (Lipinski definition) is 2. The van der Waals surface area contributed by atoms with E-state index in [1.165, 1.54) is 0 Å². The van der Waals surface area contributed by atoms with Crippen LogP contribution >= 0.6 is 31.9 Å². The minimum atomic E-state index is -0.653. The molecule has 0 aliphatic rings. The summed E-state index contributed by atoms with van der Waals surface area (Å²) in [7, 11) is 0. The van der Waals surface area contributed by atoms with Crippen molar-refractivity contribution in [1.29, 1.82) is 5.26 Å². The smallest absolute Gasteiger partial charge is 0.149 e. The molecular weight excluding hydrogens is 274 g/mol. The van der Waals surface area contributed by atoms with Gasteiger partial charge in [0, 0.05) is 10.9 Å². The second kappa shape index (κ2) is 3.42. The van der Waals surface area contributed by atoms with E-state index in [1.54, 1.807) is 18.6 Å². The zero-order valence-electron chi connectivity index (χ0n) is 5.55. The summed E-state index contributed by atoms with van der Waals surface area (Å²) in [6, 6.07) is 3.90. The lowest BCUT2D eigenvalue weighted by Crippen LogP contribution is -2.15. The summed E-state index contributed by atoms with van der Waals surface area (Å²) >= 11 is 6.55. The van der Waals surface area contributed by atoms with Crippen molar-refractivity contribution in [2.45, 2.75) is 4.32 Å². The van der Waals surface area contributed by atoms with Crippen LogP contribution in [0.4, 0.5) is 0 Å². The van der Waals surface area contributed by atoms with Gasteiger partial charge in [-0.05, 0) is 6.07 Å². The maximum atomic E-state index is 8.79. The van der Waals surface area contributed by atoms with E-state index in [4.69, 9.17) is 9.68 Å². The van der Waals surface area contributed by atoms with Gasteiger partial charge in [-0.1, -0.05) is 31.9 Å². The maximum absolute atomic E-state index is 8.79. The van der Waals surface area contributed by atoms with Crippen LogP contribution in [0.1, 0.15) is 5.56 Å². The zero-order valence-corrected chi connectivity index (χ0v) is 8.72. The Morgan fingerprint density at radius 2 is 2.45 bits per heavy atom. The van der Waals surface area contributed by atoms with Gasteiger partial charge in [-0.3, -0.25) is 0 Å². The highest BCUT2D eigenvalue weighted by Gasteiger charge is 2.28. The summed E-state index contributed by atoms with van der Waals surface area (Å²) in [5.74, 6) is 0. The molecule has 1 rings (SSSR count). The molecule has 0 fully saturated rings. The van der Waals surface area contributed by atoms with Gasteiger partial charge in [0.05, 0.1) is 18.6 Å². The molecule has 1 atom stereocenters. The highest BCUT2D eigenvalue weighted by atomic mass is 79.9. The standard InChI is InChI=1S/C7H5Br2NO/c8-4-7(9,5-10)6-1-2-11-3-6/h1-3H,4H2. The zero-order chi connectivity index (χ0) is 8.32. The van der Waals surface area contributed by atoms with Crippen LogP contribution in [-0.4, -0.2) is 5.33 Å². The minimum Gasteiger partial charge on any atom is -0.472 e. The first kappa shape index (κ1) is 8.82. The first-order valence-electron chi connectivity index (χ1n) is 2.92. The number of furan rings is 1. The Morgan fingerprint density at radius 3 is 2.82 bits per heavy atom. The Balaban J connectivity index is 2.99. The van der Waals surface area contributed by atoms with E-state index in [-0.39, 0.29) is 0 Å². The van der Waals surface area contributed by atoms with Crippen molar-refractivity contribution in [3.05, 3.63) is 24.2 Å². The van der Waals surface area contributed by atoms with Crippen molar-refractivity contribution in [3.8, 4) is 6.07 Å². The van der Waals surface area contributed by atoms with Gasteiger partial charge >= 0.3 is 0 Å². The molecule has 0 aromatic carbocycles. The summed E-state index contributed by atoms with van der Waals surface area (Å²) in [4.78, 5) is 0. The summed E-state index contributed by atoms with van der Waals surface area (Å²) in [6.07, 6.45) is 3.10. The van der Waals surface area contributed by atoms with Crippen molar-refractivity contribution in [3.63, 3.8) is 0 Å². The highest BCUT2D eigenvalue weighted by Crippen LogP contribution is 2.32. The number of nitriles is 1. The van der Waals surface area contributed by atoms with Crippen LogP contribution in [0.25, 0.3) is 0 Å². The normalized spacial score (nSPS) is 15.4. The average molecular weight is 279 g/mol. The van der Waals surface area contributed by atoms with Crippen molar-refractivity contribution in [1.82, 2.24) is 0 Å². The van der Waals surface area contributed by atoms with Gasteiger partial charge in [0.1, 0.15) is 4.32 Å². The maximum Gasteiger partial charge on any atom is 0.149 e. The summed E-state index contributed by atoms with van der Waals surface area (Å²) in [6.45, 7) is 0. The average Bonchev–Trinajstić information content (AvgIpc) is 2.55. The third-order valence-electron chi connectivity index (χ3n) is 1.34. The van der Waals surface area contributed by atoms with Crippen LogP contribution in [0.2, 0.25) is 0 Å². The predicted octanol–water partition coefficient (Wildman–Crippen LogP) is 2.79. The van der Waals surface area contributed by atoms with Crippen molar-refractivity contribution >= 4 is 31.9 Å². The van der Waals surface area contributed by atoms with Crippen LogP contribution in [0, 0.1) is 11.3 Å². The van der Waals surface area contributed by atoms with Crippen LogP contribution in [0.15, 0.2) is 23.0 Å². The molecule has 0 amide bonds. The van der Waals surface area contributed by atoms with E-state index in [0.29, 0.717) is 5.33 Å². The third kappa shape index (κ3) is 1.66. The van der Waals surface area contributed by atoms with Gasteiger partial charge in [-0.2, -0.15) is 5.26 Å². The molecule has 58 valence electrons. The summed E-state index contributed by atoms with van der Waals surface area (Å²) < 4.78 is 4.21. The monoisotopic (exact) mass is 277 g/mol. The highest BCUT2D eigenvalue weighted by molar-refractivity contribution is 9.12. The second-order valence-electron chi connectivity index (χ2n) is 2.06. The van der Waals surface area contributed by atoms with E-state index in [9.17, 15) is 0 Å². The number of nitrogens with zero attached hydrogens (tertiary/aromatic N) is 1. The molecule has 0 N–H and O–H groups in total. The molecule has 1 unspecified atom stereocenters. The van der Waals surface area contributed by atoms with E-state index < -0.39 is 4.32 Å². The van der Waals surface area contributed by atoms with Gasteiger partial charge in [0.15, 0.2) is 0 Å². The van der Waals surface area contributed by atoms with Crippen LogP contribution in [0.3, 0.4) is 0 Å². The fourth-order valence-corrected chi connectivity index (χ4v) is 1.34. The first-order valence-corrected chi connectivity index (χ1v) is 4.83. The van der Waals surface area contributed by atoms with Crippen LogP contribution in [-0.2, 0) is 4.32 Å². The summed E-state index contributed by atoms with van der Waals surface area (Å²) in [5, 5.41) is 9.33. The Hall–Kier alpha value is -0.270. The molecule has 1 aromatic rings. The largest absolute Gasteiger partial charge is 0.472 e. The lowest BCUT2D eigenvalue weighted by atomic mass is 10.1. The van der Waals surface area contributed by atoms with Crippen molar-refractivity contribution < 1.29 is 4.42 Å². The summed E-state index contributed by atoms with van der Waals surface area (Å²) in [5.41, 5.74) is 0.830. The Morgan fingerprint density at radius 1 is 1.73 bits per heavy atom. The fraction of sp³-hybridized carbons (Fsp3) is 0.286. The van der Waals surface area contributed by atoms with Gasteiger partial charge < -0.3 is 4.42 Å². The first-order chi connectivity index (χ1) is 5.23. The van der Waals surface area contributed by atoms with E-state index in [0.717, 1.165) is 5.56 Å². The molecule has 4 heteroatoms. The third-order valence-corrected chi connectivity index (χ3v) is 3.85. The number of rotatable bonds is 2. The molecule has 0 bridgehead atoms. The van der Waals surface area contributed by atoms with Crippen LogP contribution in [0.5, 0.6) is 0 Å². The Kier molecular flexibility index (Phi) is 2.74. The minimum absolute atomic E-state index is 0.538. The fourth-order valence-electron chi connectivity index (χ4n) is 0.662. The second-order valence-corrected chi connectivity index (χ2v) is 3.97.